The van der Waals surface area contributed by atoms with Gasteiger partial charge in [0.05, 0.1) is 6.20 Å². The van der Waals surface area contributed by atoms with E-state index in [1.165, 1.54) is 36.9 Å². The lowest BCUT2D eigenvalue weighted by Crippen LogP contribution is -2.16. The molecule has 6 heteroatoms. The van der Waals surface area contributed by atoms with Gasteiger partial charge >= 0.3 is 0 Å². The molecule has 0 radical (unpaired) electrons. The number of nitrogens with one attached hydrogen (secondary N) is 2. The predicted octanol–water partition coefficient (Wildman–Crippen LogP) is 0.417. The number of aromatic amines is 1. The van der Waals surface area contributed by atoms with Crippen LogP contribution < -0.4 is 10.9 Å². The van der Waals surface area contributed by atoms with Gasteiger partial charge in [-0.1, -0.05) is 0 Å². The van der Waals surface area contributed by atoms with Crippen LogP contribution in [0.15, 0.2) is 41.7 Å². The molecular formula is C10H8N4O2. The Hall–Kier alpha value is -2.50. The van der Waals surface area contributed by atoms with Crippen molar-refractivity contribution in [1.29, 1.82) is 0 Å². The van der Waals surface area contributed by atoms with E-state index in [4.69, 9.17) is 0 Å². The van der Waals surface area contributed by atoms with Crippen molar-refractivity contribution in [3.05, 3.63) is 52.8 Å². The number of carbonyl (C=O) groups is 1. The van der Waals surface area contributed by atoms with Crippen LogP contribution >= 0.6 is 0 Å². The van der Waals surface area contributed by atoms with Crippen molar-refractivity contribution in [3.8, 4) is 0 Å². The Labute approximate surface area is 90.4 Å². The van der Waals surface area contributed by atoms with Crippen molar-refractivity contribution >= 4 is 11.7 Å². The number of nitrogens with zero attached hydrogens (tertiary/aromatic N) is 2. The van der Waals surface area contributed by atoms with Gasteiger partial charge in [0.2, 0.25) is 5.56 Å². The zero-order valence-corrected chi connectivity index (χ0v) is 8.18. The van der Waals surface area contributed by atoms with Crippen molar-refractivity contribution in [1.82, 2.24) is 15.0 Å². The molecule has 2 rings (SSSR count). The summed E-state index contributed by atoms with van der Waals surface area (Å²) in [4.78, 5) is 32.7. The van der Waals surface area contributed by atoms with Crippen LogP contribution in [0.25, 0.3) is 0 Å². The van der Waals surface area contributed by atoms with E-state index in [1.54, 1.807) is 0 Å². The molecule has 0 saturated heterocycles. The number of pyridine rings is 1. The molecule has 2 aromatic rings. The monoisotopic (exact) mass is 216 g/mol. The first-order chi connectivity index (χ1) is 7.75. The molecule has 80 valence electrons. The Kier molecular flexibility index (Phi) is 2.73. The number of anilines is 1. The number of amides is 1. The van der Waals surface area contributed by atoms with Crippen molar-refractivity contribution in [2.45, 2.75) is 0 Å². The van der Waals surface area contributed by atoms with E-state index in [-0.39, 0.29) is 11.1 Å². The topological polar surface area (TPSA) is 87.7 Å². The number of hydrogen-bond donors (Lipinski definition) is 2. The smallest absolute Gasteiger partial charge is 0.257 e. The molecule has 0 spiro atoms. The maximum atomic E-state index is 11.6. The van der Waals surface area contributed by atoms with E-state index < -0.39 is 5.91 Å². The summed E-state index contributed by atoms with van der Waals surface area (Å²) < 4.78 is 0. The Morgan fingerprint density at radius 1 is 1.38 bits per heavy atom. The lowest BCUT2D eigenvalue weighted by molar-refractivity contribution is 0.102. The van der Waals surface area contributed by atoms with Gasteiger partial charge in [-0.05, 0) is 6.07 Å². The van der Waals surface area contributed by atoms with E-state index >= 15 is 0 Å². The Morgan fingerprint density at radius 2 is 2.25 bits per heavy atom. The van der Waals surface area contributed by atoms with Gasteiger partial charge in [0.15, 0.2) is 5.82 Å². The molecule has 0 aliphatic rings. The van der Waals surface area contributed by atoms with Crippen LogP contribution in [0, 0.1) is 0 Å². The largest absolute Gasteiger partial charge is 0.329 e. The first-order valence-corrected chi connectivity index (χ1v) is 4.52. The maximum Gasteiger partial charge on any atom is 0.257 e. The highest BCUT2D eigenvalue weighted by atomic mass is 16.2. The molecule has 6 nitrogen and oxygen atoms in total. The summed E-state index contributed by atoms with van der Waals surface area (Å²) in [5.74, 6) is -0.0561. The third-order valence-corrected chi connectivity index (χ3v) is 1.84. The fourth-order valence-electron chi connectivity index (χ4n) is 1.14. The maximum absolute atomic E-state index is 11.6. The molecular weight excluding hydrogens is 208 g/mol. The molecule has 1 amide bonds. The van der Waals surface area contributed by atoms with Gasteiger partial charge in [-0.2, -0.15) is 0 Å². The highest BCUT2D eigenvalue weighted by molar-refractivity contribution is 6.03. The number of rotatable bonds is 2. The summed E-state index contributed by atoms with van der Waals surface area (Å²) in [7, 11) is 0. The number of H-pyrrole nitrogens is 1. The molecule has 0 aromatic carbocycles. The quantitative estimate of drug-likeness (QED) is 0.761. The first kappa shape index (κ1) is 10.0. The number of hydrogen-bond acceptors (Lipinski definition) is 4. The highest BCUT2D eigenvalue weighted by Gasteiger charge is 2.06. The minimum Gasteiger partial charge on any atom is -0.329 e. The molecule has 0 unspecified atom stereocenters. The lowest BCUT2D eigenvalue weighted by Gasteiger charge is -2.02. The van der Waals surface area contributed by atoms with Gasteiger partial charge in [0, 0.05) is 30.2 Å². The Morgan fingerprint density at radius 3 is 2.94 bits per heavy atom. The van der Waals surface area contributed by atoms with Gasteiger partial charge in [0.1, 0.15) is 0 Å². The van der Waals surface area contributed by atoms with E-state index in [0.717, 1.165) is 0 Å². The molecule has 16 heavy (non-hydrogen) atoms. The molecule has 0 aliphatic heterocycles. The van der Waals surface area contributed by atoms with Gasteiger partial charge < -0.3 is 10.3 Å². The molecule has 0 bridgehead atoms. The average molecular weight is 216 g/mol. The molecule has 0 fully saturated rings. The van der Waals surface area contributed by atoms with E-state index in [1.807, 2.05) is 0 Å². The van der Waals surface area contributed by atoms with Crippen LogP contribution in [0.4, 0.5) is 5.82 Å². The summed E-state index contributed by atoms with van der Waals surface area (Å²) in [5.41, 5.74) is -0.0544. The Bertz CT molecular complexity index is 550. The van der Waals surface area contributed by atoms with Crippen LogP contribution in [0.2, 0.25) is 0 Å². The number of carbonyl (C=O) groups excluding carboxylic acids is 1. The van der Waals surface area contributed by atoms with Crippen LogP contribution in [0.3, 0.4) is 0 Å². The van der Waals surface area contributed by atoms with Crippen LogP contribution in [0.5, 0.6) is 0 Å². The van der Waals surface area contributed by atoms with E-state index in [2.05, 4.69) is 20.3 Å². The van der Waals surface area contributed by atoms with Crippen molar-refractivity contribution in [2.75, 3.05) is 5.32 Å². The zero-order valence-electron chi connectivity index (χ0n) is 8.18. The third kappa shape index (κ3) is 2.30. The third-order valence-electron chi connectivity index (χ3n) is 1.84. The second-order valence-corrected chi connectivity index (χ2v) is 2.99. The van der Waals surface area contributed by atoms with Gasteiger partial charge in [-0.3, -0.25) is 14.6 Å². The van der Waals surface area contributed by atoms with Gasteiger partial charge in [0.25, 0.3) is 5.91 Å². The highest BCUT2D eigenvalue weighted by Crippen LogP contribution is 2.01. The average Bonchev–Trinajstić information content (AvgIpc) is 2.30. The normalized spacial score (nSPS) is 9.75. The molecule has 0 saturated carbocycles. The summed E-state index contributed by atoms with van der Waals surface area (Å²) in [6.45, 7) is 0. The van der Waals surface area contributed by atoms with Crippen LogP contribution in [-0.2, 0) is 0 Å². The fraction of sp³-hybridized carbons (Fsp3) is 0. The SMILES string of the molecule is O=C(Nc1cnccn1)c1cc[nH]c(=O)c1. The number of aromatic nitrogens is 3. The summed E-state index contributed by atoms with van der Waals surface area (Å²) in [6, 6.07) is 2.72. The van der Waals surface area contributed by atoms with Crippen LogP contribution in [0.1, 0.15) is 10.4 Å². The minimum absolute atomic E-state index is 0.273. The molecule has 0 aliphatic carbocycles. The lowest BCUT2D eigenvalue weighted by atomic mass is 10.2. The van der Waals surface area contributed by atoms with Crippen LogP contribution in [-0.4, -0.2) is 20.9 Å². The molecule has 2 aromatic heterocycles. The van der Waals surface area contributed by atoms with Gasteiger partial charge in [-0.15, -0.1) is 0 Å². The molecule has 2 N–H and O–H groups in total. The first-order valence-electron chi connectivity index (χ1n) is 4.52. The van der Waals surface area contributed by atoms with Gasteiger partial charge in [-0.25, -0.2) is 4.98 Å². The summed E-state index contributed by atoms with van der Waals surface area (Å²) in [5, 5.41) is 2.52. The summed E-state index contributed by atoms with van der Waals surface area (Å²) in [6.07, 6.45) is 5.80. The fourth-order valence-corrected chi connectivity index (χ4v) is 1.14. The van der Waals surface area contributed by atoms with E-state index in [0.29, 0.717) is 5.82 Å². The van der Waals surface area contributed by atoms with Crippen molar-refractivity contribution in [3.63, 3.8) is 0 Å². The van der Waals surface area contributed by atoms with E-state index in [9.17, 15) is 9.59 Å². The second kappa shape index (κ2) is 4.35. The van der Waals surface area contributed by atoms with Crippen molar-refractivity contribution < 1.29 is 4.79 Å². The van der Waals surface area contributed by atoms with Crippen molar-refractivity contribution in [2.24, 2.45) is 0 Å². The minimum atomic E-state index is -0.397. The molecule has 0 atom stereocenters. The summed E-state index contributed by atoms with van der Waals surface area (Å²) >= 11 is 0. The Balaban J connectivity index is 2.18. The predicted molar refractivity (Wildman–Crippen MR) is 57.0 cm³/mol. The standard InChI is InChI=1S/C10H8N4O2/c15-9-5-7(1-2-13-9)10(16)14-8-6-11-3-4-12-8/h1-6H,(H,13,15)(H,12,14,16). The second-order valence-electron chi connectivity index (χ2n) is 2.99. The zero-order chi connectivity index (χ0) is 11.4. The molecule has 2 heterocycles.